The molecule has 0 spiro atoms. The molecular weight excluding hydrogens is 174 g/mol. The summed E-state index contributed by atoms with van der Waals surface area (Å²) >= 11 is 0. The molecule has 1 aromatic heterocycles. The summed E-state index contributed by atoms with van der Waals surface area (Å²) < 4.78 is 2.11. The van der Waals surface area contributed by atoms with E-state index in [9.17, 15) is 0 Å². The number of aromatic nitrogens is 2. The number of rotatable bonds is 0. The molecule has 3 heteroatoms. The molecule has 1 N–H and O–H groups in total. The van der Waals surface area contributed by atoms with Gasteiger partial charge in [-0.05, 0) is 25.5 Å². The van der Waals surface area contributed by atoms with E-state index in [4.69, 9.17) is 0 Å². The molecule has 1 atom stereocenters. The Hall–Kier alpha value is -1.51. The van der Waals surface area contributed by atoms with Gasteiger partial charge in [-0.15, -0.1) is 0 Å². The van der Waals surface area contributed by atoms with Crippen molar-refractivity contribution in [2.24, 2.45) is 0 Å². The third-order valence-electron chi connectivity index (χ3n) is 2.88. The maximum Gasteiger partial charge on any atom is 0.132 e. The number of fused-ring (bicyclic) bond motifs is 3. The molecule has 3 rings (SSSR count). The first-order chi connectivity index (χ1) is 6.86. The average molecular weight is 187 g/mol. The molecule has 3 nitrogen and oxygen atoms in total. The zero-order chi connectivity index (χ0) is 9.54. The van der Waals surface area contributed by atoms with Gasteiger partial charge in [0.2, 0.25) is 0 Å². The minimum atomic E-state index is 0.513. The van der Waals surface area contributed by atoms with Crippen molar-refractivity contribution in [3.8, 4) is 0 Å². The second-order valence-corrected chi connectivity index (χ2v) is 3.87. The number of hydrogen-bond donors (Lipinski definition) is 1. The van der Waals surface area contributed by atoms with Gasteiger partial charge < -0.3 is 5.32 Å². The van der Waals surface area contributed by atoms with Crippen molar-refractivity contribution in [3.63, 3.8) is 0 Å². The van der Waals surface area contributed by atoms with Crippen LogP contribution in [0, 0.1) is 0 Å². The topological polar surface area (TPSA) is 29.9 Å². The van der Waals surface area contributed by atoms with Crippen LogP contribution in [-0.2, 0) is 0 Å². The molecule has 1 aromatic carbocycles. The smallest absolute Gasteiger partial charge is 0.132 e. The molecular formula is C11H13N3. The second kappa shape index (κ2) is 2.74. The molecule has 0 saturated carbocycles. The highest BCUT2D eigenvalue weighted by atomic mass is 15.4. The van der Waals surface area contributed by atoms with E-state index in [0.29, 0.717) is 6.04 Å². The first-order valence-electron chi connectivity index (χ1n) is 5.07. The highest BCUT2D eigenvalue weighted by Gasteiger charge is 2.18. The van der Waals surface area contributed by atoms with Gasteiger partial charge in [-0.25, -0.2) is 4.68 Å². The van der Waals surface area contributed by atoms with Gasteiger partial charge in [-0.1, -0.05) is 12.1 Å². The van der Waals surface area contributed by atoms with Crippen molar-refractivity contribution in [1.82, 2.24) is 9.78 Å². The summed E-state index contributed by atoms with van der Waals surface area (Å²) in [6.45, 7) is 3.27. The molecule has 0 amide bonds. The zero-order valence-corrected chi connectivity index (χ0v) is 8.20. The fraction of sp³-hybridized carbons (Fsp3) is 0.364. The Morgan fingerprint density at radius 2 is 2.29 bits per heavy atom. The molecule has 1 aliphatic rings. The van der Waals surface area contributed by atoms with Crippen LogP contribution in [0.15, 0.2) is 24.3 Å². The predicted octanol–water partition coefficient (Wildman–Crippen LogP) is 2.41. The number of nitrogens with zero attached hydrogens (tertiary/aromatic N) is 2. The van der Waals surface area contributed by atoms with E-state index in [2.05, 4.69) is 40.2 Å². The maximum atomic E-state index is 4.59. The van der Waals surface area contributed by atoms with E-state index in [1.54, 1.807) is 0 Å². The van der Waals surface area contributed by atoms with Gasteiger partial charge in [0, 0.05) is 11.9 Å². The van der Waals surface area contributed by atoms with Crippen LogP contribution in [-0.4, -0.2) is 16.3 Å². The SMILES string of the molecule is CC1CCNc2c3ccccc3nn21. The van der Waals surface area contributed by atoms with Crippen LogP contribution < -0.4 is 5.32 Å². The first kappa shape index (κ1) is 7.85. The van der Waals surface area contributed by atoms with E-state index < -0.39 is 0 Å². The lowest BCUT2D eigenvalue weighted by atomic mass is 10.2. The summed E-state index contributed by atoms with van der Waals surface area (Å²) in [7, 11) is 0. The van der Waals surface area contributed by atoms with Gasteiger partial charge in [-0.2, -0.15) is 5.10 Å². The third-order valence-corrected chi connectivity index (χ3v) is 2.88. The van der Waals surface area contributed by atoms with Crippen molar-refractivity contribution in [2.75, 3.05) is 11.9 Å². The predicted molar refractivity (Wildman–Crippen MR) is 57.6 cm³/mol. The van der Waals surface area contributed by atoms with Gasteiger partial charge in [0.25, 0.3) is 0 Å². The monoisotopic (exact) mass is 187 g/mol. The quantitative estimate of drug-likeness (QED) is 0.686. The molecule has 2 heterocycles. The van der Waals surface area contributed by atoms with Gasteiger partial charge >= 0.3 is 0 Å². The lowest BCUT2D eigenvalue weighted by molar-refractivity contribution is 0.456. The number of anilines is 1. The van der Waals surface area contributed by atoms with E-state index >= 15 is 0 Å². The largest absolute Gasteiger partial charge is 0.370 e. The van der Waals surface area contributed by atoms with Gasteiger partial charge in [-0.3, -0.25) is 0 Å². The Morgan fingerprint density at radius 1 is 1.43 bits per heavy atom. The Bertz CT molecular complexity index is 472. The maximum absolute atomic E-state index is 4.59. The third kappa shape index (κ3) is 0.953. The number of nitrogens with one attached hydrogen (secondary N) is 1. The molecule has 0 aliphatic carbocycles. The molecule has 14 heavy (non-hydrogen) atoms. The fourth-order valence-electron chi connectivity index (χ4n) is 2.07. The van der Waals surface area contributed by atoms with Gasteiger partial charge in [0.15, 0.2) is 0 Å². The average Bonchev–Trinajstić information content (AvgIpc) is 2.59. The molecule has 72 valence electrons. The van der Waals surface area contributed by atoms with E-state index in [1.165, 1.54) is 11.2 Å². The minimum Gasteiger partial charge on any atom is -0.370 e. The Balaban J connectivity index is 2.32. The van der Waals surface area contributed by atoms with Crippen molar-refractivity contribution < 1.29 is 0 Å². The number of hydrogen-bond acceptors (Lipinski definition) is 2. The Kier molecular flexibility index (Phi) is 1.54. The van der Waals surface area contributed by atoms with Crippen LogP contribution in [0.5, 0.6) is 0 Å². The highest BCUT2D eigenvalue weighted by Crippen LogP contribution is 2.30. The highest BCUT2D eigenvalue weighted by molar-refractivity contribution is 5.90. The zero-order valence-electron chi connectivity index (χ0n) is 8.20. The molecule has 0 radical (unpaired) electrons. The molecule has 1 aliphatic heterocycles. The van der Waals surface area contributed by atoms with E-state index in [0.717, 1.165) is 18.5 Å². The lowest BCUT2D eigenvalue weighted by Gasteiger charge is -2.22. The van der Waals surface area contributed by atoms with E-state index in [1.807, 2.05) is 6.07 Å². The summed E-state index contributed by atoms with van der Waals surface area (Å²) in [6, 6.07) is 8.80. The van der Waals surface area contributed by atoms with Crippen LogP contribution in [0.1, 0.15) is 19.4 Å². The van der Waals surface area contributed by atoms with Crippen molar-refractivity contribution in [1.29, 1.82) is 0 Å². The van der Waals surface area contributed by atoms with Crippen molar-refractivity contribution in [3.05, 3.63) is 24.3 Å². The summed E-state index contributed by atoms with van der Waals surface area (Å²) in [5.41, 5.74) is 1.09. The molecule has 2 aromatic rings. The van der Waals surface area contributed by atoms with Gasteiger partial charge in [0.05, 0.1) is 11.6 Å². The first-order valence-corrected chi connectivity index (χ1v) is 5.07. The summed E-state index contributed by atoms with van der Waals surface area (Å²) in [6.07, 6.45) is 1.15. The van der Waals surface area contributed by atoms with Crippen molar-refractivity contribution >= 4 is 16.7 Å². The van der Waals surface area contributed by atoms with Crippen LogP contribution >= 0.6 is 0 Å². The van der Waals surface area contributed by atoms with Crippen LogP contribution in [0.25, 0.3) is 10.9 Å². The standard InChI is InChI=1S/C11H13N3/c1-8-6-7-12-11-9-4-2-3-5-10(9)13-14(8)11/h2-5,8,12H,6-7H2,1H3. The molecule has 0 saturated heterocycles. The minimum absolute atomic E-state index is 0.513. The summed E-state index contributed by atoms with van der Waals surface area (Å²) in [5.74, 6) is 1.18. The molecule has 0 fully saturated rings. The van der Waals surface area contributed by atoms with Crippen molar-refractivity contribution in [2.45, 2.75) is 19.4 Å². The molecule has 1 unspecified atom stereocenters. The lowest BCUT2D eigenvalue weighted by Crippen LogP contribution is -2.21. The Morgan fingerprint density at radius 3 is 3.21 bits per heavy atom. The van der Waals surface area contributed by atoms with Crippen LogP contribution in [0.3, 0.4) is 0 Å². The molecule has 0 bridgehead atoms. The van der Waals surface area contributed by atoms with Gasteiger partial charge in [0.1, 0.15) is 5.82 Å². The number of benzene rings is 1. The summed E-state index contributed by atoms with van der Waals surface area (Å²) in [5, 5.41) is 9.24. The van der Waals surface area contributed by atoms with Crippen LogP contribution in [0.4, 0.5) is 5.82 Å². The van der Waals surface area contributed by atoms with Crippen LogP contribution in [0.2, 0.25) is 0 Å². The second-order valence-electron chi connectivity index (χ2n) is 3.87. The Labute approximate surface area is 82.7 Å². The summed E-state index contributed by atoms with van der Waals surface area (Å²) in [4.78, 5) is 0. The van der Waals surface area contributed by atoms with E-state index in [-0.39, 0.29) is 0 Å². The normalized spacial score (nSPS) is 20.5. The fourth-order valence-corrected chi connectivity index (χ4v) is 2.07.